The second-order valence-electron chi connectivity index (χ2n) is 5.20. The third-order valence-electron chi connectivity index (χ3n) is 3.47. The zero-order chi connectivity index (χ0) is 15.0. The number of hydrogen-bond acceptors (Lipinski definition) is 5. The Morgan fingerprint density at radius 3 is 2.76 bits per heavy atom. The summed E-state index contributed by atoms with van der Waals surface area (Å²) in [5.74, 6) is 0.784. The number of rotatable bonds is 4. The van der Waals surface area contributed by atoms with E-state index in [-0.39, 0.29) is 0 Å². The van der Waals surface area contributed by atoms with E-state index in [0.29, 0.717) is 11.7 Å². The number of nitrogens with zero attached hydrogens (tertiary/aromatic N) is 3. The average molecular weight is 338 g/mol. The summed E-state index contributed by atoms with van der Waals surface area (Å²) in [6, 6.07) is 2.14. The average Bonchev–Trinajstić information content (AvgIpc) is 2.99. The molecule has 0 radical (unpaired) electrons. The van der Waals surface area contributed by atoms with Gasteiger partial charge in [-0.05, 0) is 48.8 Å². The van der Waals surface area contributed by atoms with Crippen molar-refractivity contribution in [2.45, 2.75) is 26.9 Å². The minimum atomic E-state index is 0.570. The molecule has 3 nitrogen and oxygen atoms in total. The molecule has 21 heavy (non-hydrogen) atoms. The van der Waals surface area contributed by atoms with Gasteiger partial charge in [-0.15, -0.1) is 11.3 Å². The largest absolute Gasteiger partial charge is 0.295 e. The van der Waals surface area contributed by atoms with Crippen LogP contribution >= 0.6 is 34.3 Å². The molecule has 0 bridgehead atoms. The molecule has 0 spiro atoms. The summed E-state index contributed by atoms with van der Waals surface area (Å²) >= 11 is 9.75. The van der Waals surface area contributed by atoms with E-state index in [0.717, 1.165) is 22.6 Å². The molecule has 0 fully saturated rings. The van der Waals surface area contributed by atoms with Crippen molar-refractivity contribution in [3.05, 3.63) is 43.8 Å². The lowest BCUT2D eigenvalue weighted by molar-refractivity contribution is 0.311. The Morgan fingerprint density at radius 1 is 1.24 bits per heavy atom. The highest BCUT2D eigenvalue weighted by atomic mass is 35.5. The molecule has 3 rings (SSSR count). The maximum Gasteiger partial charge on any atom is 0.145 e. The molecule has 6 heteroatoms. The van der Waals surface area contributed by atoms with Gasteiger partial charge in [0.1, 0.15) is 15.8 Å². The second kappa shape index (κ2) is 6.01. The van der Waals surface area contributed by atoms with E-state index in [1.807, 2.05) is 0 Å². The van der Waals surface area contributed by atoms with Crippen LogP contribution < -0.4 is 0 Å². The van der Waals surface area contributed by atoms with Gasteiger partial charge in [-0.3, -0.25) is 4.90 Å². The molecule has 0 saturated carbocycles. The number of halogens is 1. The summed E-state index contributed by atoms with van der Waals surface area (Å²) in [7, 11) is 2.07. The van der Waals surface area contributed by atoms with Crippen molar-refractivity contribution in [2.75, 3.05) is 7.05 Å². The van der Waals surface area contributed by atoms with Crippen LogP contribution in [0.1, 0.15) is 21.8 Å². The zero-order valence-corrected chi connectivity index (χ0v) is 14.6. The SMILES string of the molecule is Cc1sc2nc(CN(C)Cc3ccsc3)nc(Cl)c2c1C. The van der Waals surface area contributed by atoms with E-state index in [9.17, 15) is 0 Å². The molecule has 0 amide bonds. The molecule has 0 aromatic carbocycles. The summed E-state index contributed by atoms with van der Waals surface area (Å²) in [4.78, 5) is 13.6. The van der Waals surface area contributed by atoms with E-state index >= 15 is 0 Å². The first-order valence-electron chi connectivity index (χ1n) is 6.66. The molecule has 110 valence electrons. The molecule has 0 aliphatic rings. The maximum atomic E-state index is 6.35. The number of aromatic nitrogens is 2. The van der Waals surface area contributed by atoms with Crippen LogP contribution in [0.5, 0.6) is 0 Å². The zero-order valence-electron chi connectivity index (χ0n) is 12.2. The van der Waals surface area contributed by atoms with E-state index in [1.165, 1.54) is 16.0 Å². The molecule has 3 aromatic rings. The van der Waals surface area contributed by atoms with Gasteiger partial charge < -0.3 is 0 Å². The highest BCUT2D eigenvalue weighted by molar-refractivity contribution is 7.18. The van der Waals surface area contributed by atoms with E-state index < -0.39 is 0 Å². The van der Waals surface area contributed by atoms with Crippen molar-refractivity contribution in [1.82, 2.24) is 14.9 Å². The Morgan fingerprint density at radius 2 is 2.05 bits per heavy atom. The first-order valence-corrected chi connectivity index (χ1v) is 8.80. The highest BCUT2D eigenvalue weighted by Gasteiger charge is 2.14. The van der Waals surface area contributed by atoms with Crippen molar-refractivity contribution in [3.8, 4) is 0 Å². The lowest BCUT2D eigenvalue weighted by Crippen LogP contribution is -2.18. The molecule has 3 heterocycles. The fraction of sp³-hybridized carbons (Fsp3) is 0.333. The number of hydrogen-bond donors (Lipinski definition) is 0. The van der Waals surface area contributed by atoms with Crippen molar-refractivity contribution >= 4 is 44.5 Å². The molecular weight excluding hydrogens is 322 g/mol. The second-order valence-corrected chi connectivity index (χ2v) is 7.54. The summed E-state index contributed by atoms with van der Waals surface area (Å²) in [5.41, 5.74) is 2.51. The lowest BCUT2D eigenvalue weighted by atomic mass is 10.2. The van der Waals surface area contributed by atoms with Crippen LogP contribution in [-0.4, -0.2) is 21.9 Å². The van der Waals surface area contributed by atoms with Gasteiger partial charge >= 0.3 is 0 Å². The van der Waals surface area contributed by atoms with Crippen LogP contribution in [0.4, 0.5) is 0 Å². The maximum absolute atomic E-state index is 6.35. The van der Waals surface area contributed by atoms with Gasteiger partial charge in [-0.2, -0.15) is 11.3 Å². The predicted octanol–water partition coefficient (Wildman–Crippen LogP) is 4.66. The van der Waals surface area contributed by atoms with Crippen LogP contribution in [0.25, 0.3) is 10.2 Å². The van der Waals surface area contributed by atoms with Crippen molar-refractivity contribution in [1.29, 1.82) is 0 Å². The molecule has 3 aromatic heterocycles. The Balaban J connectivity index is 1.84. The third-order valence-corrected chi connectivity index (χ3v) is 5.58. The molecule has 0 aliphatic carbocycles. The predicted molar refractivity (Wildman–Crippen MR) is 91.4 cm³/mol. The third kappa shape index (κ3) is 3.11. The van der Waals surface area contributed by atoms with Gasteiger partial charge in [0.2, 0.25) is 0 Å². The minimum Gasteiger partial charge on any atom is -0.295 e. The summed E-state index contributed by atoms with van der Waals surface area (Å²) in [5, 5.41) is 5.84. The van der Waals surface area contributed by atoms with Crippen molar-refractivity contribution in [2.24, 2.45) is 0 Å². The van der Waals surface area contributed by atoms with Crippen LogP contribution in [-0.2, 0) is 13.1 Å². The highest BCUT2D eigenvalue weighted by Crippen LogP contribution is 2.33. The monoisotopic (exact) mass is 337 g/mol. The van der Waals surface area contributed by atoms with Gasteiger partial charge in [0.05, 0.1) is 11.9 Å². The molecule has 0 N–H and O–H groups in total. The molecular formula is C15H16ClN3S2. The van der Waals surface area contributed by atoms with Gasteiger partial charge in [0.15, 0.2) is 0 Å². The molecule has 0 unspecified atom stereocenters. The first-order chi connectivity index (χ1) is 10.0. The Bertz CT molecular complexity index is 765. The van der Waals surface area contributed by atoms with Crippen LogP contribution in [0.2, 0.25) is 5.15 Å². The van der Waals surface area contributed by atoms with E-state index in [2.05, 4.69) is 52.6 Å². The smallest absolute Gasteiger partial charge is 0.145 e. The quantitative estimate of drug-likeness (QED) is 0.648. The first kappa shape index (κ1) is 14.9. The topological polar surface area (TPSA) is 29.0 Å². The standard InChI is InChI=1S/C15H16ClN3S2/c1-9-10(2)21-15-13(9)14(16)17-12(18-15)7-19(3)6-11-4-5-20-8-11/h4-5,8H,6-7H2,1-3H3. The number of fused-ring (bicyclic) bond motifs is 1. The summed E-state index contributed by atoms with van der Waals surface area (Å²) in [6.07, 6.45) is 0. The van der Waals surface area contributed by atoms with Crippen molar-refractivity contribution < 1.29 is 0 Å². The van der Waals surface area contributed by atoms with Gasteiger partial charge in [-0.1, -0.05) is 11.6 Å². The van der Waals surface area contributed by atoms with Crippen LogP contribution in [0.15, 0.2) is 16.8 Å². The minimum absolute atomic E-state index is 0.570. The van der Waals surface area contributed by atoms with E-state index in [4.69, 9.17) is 11.6 Å². The lowest BCUT2D eigenvalue weighted by Gasteiger charge is -2.14. The molecule has 0 aliphatic heterocycles. The summed E-state index contributed by atoms with van der Waals surface area (Å²) in [6.45, 7) is 5.76. The fourth-order valence-electron chi connectivity index (χ4n) is 2.30. The number of thiophene rings is 2. The van der Waals surface area contributed by atoms with E-state index in [1.54, 1.807) is 22.7 Å². The Labute approximate surface area is 137 Å². The molecule has 0 atom stereocenters. The van der Waals surface area contributed by atoms with Crippen LogP contribution in [0.3, 0.4) is 0 Å². The normalized spacial score (nSPS) is 11.7. The van der Waals surface area contributed by atoms with Gasteiger partial charge in [-0.25, -0.2) is 9.97 Å². The summed E-state index contributed by atoms with van der Waals surface area (Å²) < 4.78 is 0. The Hall–Kier alpha value is -1.01. The van der Waals surface area contributed by atoms with Crippen molar-refractivity contribution in [3.63, 3.8) is 0 Å². The Kier molecular flexibility index (Phi) is 4.26. The van der Waals surface area contributed by atoms with Gasteiger partial charge in [0.25, 0.3) is 0 Å². The fourth-order valence-corrected chi connectivity index (χ4v) is 4.40. The number of aryl methyl sites for hydroxylation is 2. The molecule has 0 saturated heterocycles. The van der Waals surface area contributed by atoms with Crippen LogP contribution in [0, 0.1) is 13.8 Å². The van der Waals surface area contributed by atoms with Gasteiger partial charge in [0, 0.05) is 11.4 Å².